The van der Waals surface area contributed by atoms with Gasteiger partial charge in [0.2, 0.25) is 5.91 Å². The van der Waals surface area contributed by atoms with Gasteiger partial charge in [0, 0.05) is 38.3 Å². The summed E-state index contributed by atoms with van der Waals surface area (Å²) in [5.41, 5.74) is 0.756. The lowest BCUT2D eigenvalue weighted by Gasteiger charge is -2.20. The summed E-state index contributed by atoms with van der Waals surface area (Å²) in [4.78, 5) is 25.5. The van der Waals surface area contributed by atoms with Crippen LogP contribution in [0.1, 0.15) is 35.8 Å². The lowest BCUT2D eigenvalue weighted by atomic mass is 10.3. The summed E-state index contributed by atoms with van der Waals surface area (Å²) in [6, 6.07) is 4.30. The molecule has 18 heavy (non-hydrogen) atoms. The van der Waals surface area contributed by atoms with Crippen LogP contribution in [0, 0.1) is 0 Å². The quantitative estimate of drug-likeness (QED) is 0.840. The molecule has 2 fully saturated rings. The molecule has 1 aliphatic carbocycles. The van der Waals surface area contributed by atoms with Crippen molar-refractivity contribution in [1.82, 2.24) is 14.8 Å². The molecule has 0 aromatic carbocycles. The number of hydrogen-bond acceptors (Lipinski definition) is 2. The van der Waals surface area contributed by atoms with E-state index in [0.29, 0.717) is 32.1 Å². The Morgan fingerprint density at radius 2 is 2.17 bits per heavy atom. The minimum atomic E-state index is 0.0304. The molecule has 2 aliphatic rings. The molecule has 1 N–H and O–H groups in total. The second-order valence-electron chi connectivity index (χ2n) is 4.92. The van der Waals surface area contributed by atoms with Crippen molar-refractivity contribution in [3.63, 3.8) is 0 Å². The zero-order chi connectivity index (χ0) is 12.5. The van der Waals surface area contributed by atoms with Crippen molar-refractivity contribution in [2.45, 2.75) is 25.3 Å². The van der Waals surface area contributed by atoms with Crippen LogP contribution in [0.4, 0.5) is 0 Å². The Morgan fingerprint density at radius 3 is 2.94 bits per heavy atom. The van der Waals surface area contributed by atoms with Crippen molar-refractivity contribution in [3.8, 4) is 0 Å². The third kappa shape index (κ3) is 2.12. The molecule has 2 heterocycles. The van der Waals surface area contributed by atoms with Crippen LogP contribution in [-0.4, -0.2) is 40.9 Å². The fraction of sp³-hybridized carbons (Fsp3) is 0.538. The van der Waals surface area contributed by atoms with Gasteiger partial charge >= 0.3 is 0 Å². The Morgan fingerprint density at radius 1 is 1.33 bits per heavy atom. The monoisotopic (exact) mass is 247 g/mol. The first-order chi connectivity index (χ1) is 8.75. The van der Waals surface area contributed by atoms with Gasteiger partial charge in [-0.05, 0) is 25.0 Å². The van der Waals surface area contributed by atoms with Crippen molar-refractivity contribution >= 4 is 11.8 Å². The van der Waals surface area contributed by atoms with Gasteiger partial charge in [0.25, 0.3) is 5.91 Å². The maximum absolute atomic E-state index is 12.4. The van der Waals surface area contributed by atoms with E-state index in [9.17, 15) is 9.59 Å². The highest BCUT2D eigenvalue weighted by molar-refractivity contribution is 5.93. The molecule has 1 aliphatic heterocycles. The van der Waals surface area contributed by atoms with E-state index < -0.39 is 0 Å². The Labute approximate surface area is 106 Å². The fourth-order valence-corrected chi connectivity index (χ4v) is 2.38. The first-order valence-corrected chi connectivity index (χ1v) is 6.48. The standard InChI is InChI=1S/C13H17N3O2/c17-12-5-8-15(9-6-14-12)13(18)11-2-1-7-16(11)10-3-4-10/h1-2,7,10H,3-6,8-9H2,(H,14,17). The summed E-state index contributed by atoms with van der Waals surface area (Å²) in [5.74, 6) is 0.0753. The number of nitrogens with zero attached hydrogens (tertiary/aromatic N) is 2. The van der Waals surface area contributed by atoms with Gasteiger partial charge in [0.05, 0.1) is 0 Å². The number of carbonyl (C=O) groups is 2. The van der Waals surface area contributed by atoms with Gasteiger partial charge in [0.1, 0.15) is 5.69 Å². The number of aromatic nitrogens is 1. The summed E-state index contributed by atoms with van der Waals surface area (Å²) in [7, 11) is 0. The minimum Gasteiger partial charge on any atom is -0.354 e. The van der Waals surface area contributed by atoms with Gasteiger partial charge in [-0.25, -0.2) is 0 Å². The van der Waals surface area contributed by atoms with Crippen molar-refractivity contribution in [2.24, 2.45) is 0 Å². The average molecular weight is 247 g/mol. The maximum atomic E-state index is 12.4. The lowest BCUT2D eigenvalue weighted by Crippen LogP contribution is -2.35. The highest BCUT2D eigenvalue weighted by Crippen LogP contribution is 2.36. The molecule has 5 nitrogen and oxygen atoms in total. The van der Waals surface area contributed by atoms with Gasteiger partial charge in [-0.15, -0.1) is 0 Å². The fourth-order valence-electron chi connectivity index (χ4n) is 2.38. The second-order valence-corrected chi connectivity index (χ2v) is 4.92. The van der Waals surface area contributed by atoms with E-state index >= 15 is 0 Å². The predicted octanol–water partition coefficient (Wildman–Crippen LogP) is 0.785. The molecule has 96 valence electrons. The van der Waals surface area contributed by atoms with E-state index in [1.807, 2.05) is 18.3 Å². The minimum absolute atomic E-state index is 0.0304. The number of rotatable bonds is 2. The molecule has 3 rings (SSSR count). The third-order valence-corrected chi connectivity index (χ3v) is 3.54. The molecule has 0 unspecified atom stereocenters. The molecule has 1 saturated carbocycles. The third-order valence-electron chi connectivity index (χ3n) is 3.54. The molecule has 0 bridgehead atoms. The molecule has 0 radical (unpaired) electrons. The first kappa shape index (κ1) is 11.3. The Balaban J connectivity index is 1.76. The van der Waals surface area contributed by atoms with Gasteiger partial charge in [-0.3, -0.25) is 9.59 Å². The van der Waals surface area contributed by atoms with Crippen molar-refractivity contribution in [2.75, 3.05) is 19.6 Å². The van der Waals surface area contributed by atoms with Crippen LogP contribution in [0.25, 0.3) is 0 Å². The molecular formula is C13H17N3O2. The molecule has 1 aromatic rings. The Bertz CT molecular complexity index is 476. The van der Waals surface area contributed by atoms with E-state index in [1.165, 1.54) is 0 Å². The van der Waals surface area contributed by atoms with E-state index in [-0.39, 0.29) is 11.8 Å². The smallest absolute Gasteiger partial charge is 0.270 e. The molecule has 1 aromatic heterocycles. The normalized spacial score (nSPS) is 20.4. The Kier molecular flexibility index (Phi) is 2.81. The van der Waals surface area contributed by atoms with E-state index in [0.717, 1.165) is 18.5 Å². The highest BCUT2D eigenvalue weighted by Gasteiger charge is 2.29. The molecule has 0 atom stereocenters. The summed E-state index contributed by atoms with van der Waals surface area (Å²) in [6.07, 6.45) is 4.70. The van der Waals surface area contributed by atoms with Crippen molar-refractivity contribution in [3.05, 3.63) is 24.0 Å². The van der Waals surface area contributed by atoms with Crippen molar-refractivity contribution in [1.29, 1.82) is 0 Å². The van der Waals surface area contributed by atoms with Crippen LogP contribution >= 0.6 is 0 Å². The molecular weight excluding hydrogens is 230 g/mol. The molecule has 5 heteroatoms. The maximum Gasteiger partial charge on any atom is 0.270 e. The highest BCUT2D eigenvalue weighted by atomic mass is 16.2. The summed E-state index contributed by atoms with van der Waals surface area (Å²) in [5, 5.41) is 2.78. The number of nitrogens with one attached hydrogen (secondary N) is 1. The average Bonchev–Trinajstić information content (AvgIpc) is 3.13. The SMILES string of the molecule is O=C1CCN(C(=O)c2cccn2C2CC2)CCN1. The van der Waals surface area contributed by atoms with Crippen LogP contribution in [0.2, 0.25) is 0 Å². The van der Waals surface area contributed by atoms with E-state index in [2.05, 4.69) is 9.88 Å². The van der Waals surface area contributed by atoms with Crippen molar-refractivity contribution < 1.29 is 9.59 Å². The van der Waals surface area contributed by atoms with Crippen LogP contribution in [0.15, 0.2) is 18.3 Å². The van der Waals surface area contributed by atoms with Gasteiger partial charge in [-0.2, -0.15) is 0 Å². The number of hydrogen-bond donors (Lipinski definition) is 1. The summed E-state index contributed by atoms with van der Waals surface area (Å²) < 4.78 is 2.07. The van der Waals surface area contributed by atoms with Gasteiger partial charge < -0.3 is 14.8 Å². The predicted molar refractivity (Wildman–Crippen MR) is 66.2 cm³/mol. The first-order valence-electron chi connectivity index (χ1n) is 6.48. The molecule has 1 saturated heterocycles. The van der Waals surface area contributed by atoms with E-state index in [4.69, 9.17) is 0 Å². The van der Waals surface area contributed by atoms with E-state index in [1.54, 1.807) is 4.90 Å². The largest absolute Gasteiger partial charge is 0.354 e. The number of carbonyl (C=O) groups excluding carboxylic acids is 2. The Hall–Kier alpha value is -1.78. The number of amides is 2. The summed E-state index contributed by atoms with van der Waals surface area (Å²) >= 11 is 0. The lowest BCUT2D eigenvalue weighted by molar-refractivity contribution is -0.120. The van der Waals surface area contributed by atoms with Crippen LogP contribution in [0.5, 0.6) is 0 Å². The zero-order valence-electron chi connectivity index (χ0n) is 10.3. The topological polar surface area (TPSA) is 54.3 Å². The van der Waals surface area contributed by atoms with Crippen LogP contribution < -0.4 is 5.32 Å². The van der Waals surface area contributed by atoms with Crippen LogP contribution in [-0.2, 0) is 4.79 Å². The second kappa shape index (κ2) is 4.48. The van der Waals surface area contributed by atoms with Gasteiger partial charge in [0.15, 0.2) is 0 Å². The zero-order valence-corrected chi connectivity index (χ0v) is 10.3. The molecule has 0 spiro atoms. The van der Waals surface area contributed by atoms with Crippen LogP contribution in [0.3, 0.4) is 0 Å². The van der Waals surface area contributed by atoms with Gasteiger partial charge in [-0.1, -0.05) is 0 Å². The molecule has 2 amide bonds. The summed E-state index contributed by atoms with van der Waals surface area (Å²) in [6.45, 7) is 1.66.